The van der Waals surface area contributed by atoms with Crippen LogP contribution in [-0.4, -0.2) is 84.1 Å². The summed E-state index contributed by atoms with van der Waals surface area (Å²) in [5, 5.41) is 66.8. The molecule has 9 nitrogen and oxygen atoms in total. The summed E-state index contributed by atoms with van der Waals surface area (Å²) < 4.78 is 0. The van der Waals surface area contributed by atoms with E-state index in [-0.39, 0.29) is 19.3 Å². The molecule has 0 aliphatic carbocycles. The van der Waals surface area contributed by atoms with Crippen LogP contribution in [0.15, 0.2) is 36.5 Å². The van der Waals surface area contributed by atoms with Gasteiger partial charge in [-0.15, -0.1) is 0 Å². The first kappa shape index (κ1) is 64.0. The maximum atomic E-state index is 13.8. The lowest BCUT2D eigenvalue weighted by Crippen LogP contribution is -2.67. The second-order valence-electron chi connectivity index (χ2n) is 19.4. The molecule has 5 atom stereocenters. The lowest BCUT2D eigenvalue weighted by Gasteiger charge is -2.36. The largest absolute Gasteiger partial charge is 0.385 e. The van der Waals surface area contributed by atoms with E-state index in [1.165, 1.54) is 116 Å². The van der Waals surface area contributed by atoms with Crippen LogP contribution in [0.2, 0.25) is 0 Å². The summed E-state index contributed by atoms with van der Waals surface area (Å²) in [5.74, 6) is -4.11. The van der Waals surface area contributed by atoms with Crippen molar-refractivity contribution in [1.29, 1.82) is 0 Å². The molecule has 386 valence electrons. The van der Waals surface area contributed by atoms with Crippen LogP contribution in [0, 0.1) is 0 Å². The zero-order valence-electron chi connectivity index (χ0n) is 42.8. The number of carbonyl (C=O) groups is 3. The lowest BCUT2D eigenvalue weighted by molar-refractivity contribution is -0.191. The highest BCUT2D eigenvalue weighted by Gasteiger charge is 2.57. The number of allylic oxidation sites excluding steroid dienone is 6. The van der Waals surface area contributed by atoms with E-state index in [0.29, 0.717) is 38.5 Å². The Kier molecular flexibility index (Phi) is 44.1. The zero-order valence-corrected chi connectivity index (χ0v) is 42.8. The molecule has 0 aromatic carbocycles. The predicted octanol–water partition coefficient (Wildman–Crippen LogP) is 13.2. The van der Waals surface area contributed by atoms with E-state index in [9.17, 15) is 45.0 Å². The fourth-order valence-corrected chi connectivity index (χ4v) is 8.59. The number of hydrogen-bond donors (Lipinski definition) is 6. The zero-order chi connectivity index (χ0) is 48.9. The molecular formula is C57H104O9. The van der Waals surface area contributed by atoms with E-state index in [2.05, 4.69) is 57.2 Å². The first-order chi connectivity index (χ1) is 32.0. The van der Waals surface area contributed by atoms with Crippen LogP contribution < -0.4 is 0 Å². The van der Waals surface area contributed by atoms with Crippen LogP contribution in [0.25, 0.3) is 0 Å². The highest BCUT2D eigenvalue weighted by molar-refractivity contribution is 6.04. The van der Waals surface area contributed by atoms with Gasteiger partial charge >= 0.3 is 0 Å². The van der Waals surface area contributed by atoms with E-state index in [4.69, 9.17) is 0 Å². The normalized spacial score (nSPS) is 15.4. The van der Waals surface area contributed by atoms with Crippen LogP contribution in [0.5, 0.6) is 0 Å². The molecule has 0 spiro atoms. The smallest absolute Gasteiger partial charge is 0.199 e. The van der Waals surface area contributed by atoms with Crippen LogP contribution >= 0.6 is 0 Å². The molecule has 0 saturated carbocycles. The first-order valence-electron chi connectivity index (χ1n) is 27.7. The standard InChI is InChI=1S/C57H104O9/c1-4-7-10-13-16-19-22-25-28-31-34-37-40-43-46-49(58)52(61)55(64)57(66,54(63)51(60)48-45-42-39-36-33-30-27-24-21-18-15-12-9-6-3)56(65)53(62)50(59)47-44-41-38-35-32-29-26-23-20-17-14-11-8-5-2/h25-30,49-51,55-56,58-60,64-66H,4-24,31-48H2,1-3H3/b28-25+,29-26+,30-27+. The molecule has 0 amide bonds. The molecule has 66 heavy (non-hydrogen) atoms. The van der Waals surface area contributed by atoms with Gasteiger partial charge < -0.3 is 30.6 Å². The second kappa shape index (κ2) is 45.4. The third kappa shape index (κ3) is 32.7. The molecule has 5 unspecified atom stereocenters. The predicted molar refractivity (Wildman–Crippen MR) is 275 cm³/mol. The van der Waals surface area contributed by atoms with Crippen molar-refractivity contribution in [1.82, 2.24) is 0 Å². The van der Waals surface area contributed by atoms with Crippen molar-refractivity contribution < 1.29 is 45.0 Å². The molecule has 0 aromatic rings. The molecule has 0 rings (SSSR count). The summed E-state index contributed by atoms with van der Waals surface area (Å²) >= 11 is 0. The number of hydrogen-bond acceptors (Lipinski definition) is 9. The Labute approximate surface area is 404 Å². The molecule has 0 aromatic heterocycles. The van der Waals surface area contributed by atoms with Crippen molar-refractivity contribution >= 4 is 17.3 Å². The average Bonchev–Trinajstić information content (AvgIpc) is 3.32. The van der Waals surface area contributed by atoms with Gasteiger partial charge in [-0.25, -0.2) is 0 Å². The van der Waals surface area contributed by atoms with Crippen LogP contribution in [0.4, 0.5) is 0 Å². The number of ketones is 3. The fourth-order valence-electron chi connectivity index (χ4n) is 8.59. The Morgan fingerprint density at radius 3 is 0.803 bits per heavy atom. The number of aliphatic hydroxyl groups excluding tert-OH is 5. The maximum absolute atomic E-state index is 13.8. The summed E-state index contributed by atoms with van der Waals surface area (Å²) in [6.45, 7) is 6.66. The summed E-state index contributed by atoms with van der Waals surface area (Å²) in [4.78, 5) is 40.5. The fraction of sp³-hybridized carbons (Fsp3) is 0.842. The van der Waals surface area contributed by atoms with E-state index in [1.807, 2.05) is 0 Å². The quantitative estimate of drug-likeness (QED) is 0.0256. The Morgan fingerprint density at radius 1 is 0.333 bits per heavy atom. The third-order valence-electron chi connectivity index (χ3n) is 13.2. The molecule has 0 saturated heterocycles. The van der Waals surface area contributed by atoms with Gasteiger partial charge in [-0.05, 0) is 96.3 Å². The van der Waals surface area contributed by atoms with Gasteiger partial charge in [-0.1, -0.05) is 211 Å². The first-order valence-corrected chi connectivity index (χ1v) is 27.7. The van der Waals surface area contributed by atoms with E-state index >= 15 is 0 Å². The Hall–Kier alpha value is -2.01. The number of carbonyl (C=O) groups excluding carboxylic acids is 3. The van der Waals surface area contributed by atoms with Crippen LogP contribution in [0.1, 0.15) is 271 Å². The minimum absolute atomic E-state index is 0.0492. The van der Waals surface area contributed by atoms with Gasteiger partial charge in [0.15, 0.2) is 35.2 Å². The summed E-state index contributed by atoms with van der Waals surface area (Å²) in [5.41, 5.74) is -3.46. The molecular weight excluding hydrogens is 829 g/mol. The van der Waals surface area contributed by atoms with Gasteiger partial charge in [0, 0.05) is 0 Å². The van der Waals surface area contributed by atoms with Crippen molar-refractivity contribution in [2.75, 3.05) is 0 Å². The molecule has 0 bridgehead atoms. The van der Waals surface area contributed by atoms with Gasteiger partial charge in [0.1, 0.15) is 18.3 Å². The topological polar surface area (TPSA) is 173 Å². The number of Topliss-reactive ketones (excluding diaryl/α,β-unsaturated/α-hetero) is 3. The SMILES string of the molecule is CCCCCCCC/C=C/CCCCCCC(O)C(=O)C(O)C(O)(C(=O)C(O)CCCCCC/C=C/CCCCCCCC)C(O)C(=O)C(O)CCCCCC/C=C/CCCCCCCC. The van der Waals surface area contributed by atoms with Crippen molar-refractivity contribution in [3.8, 4) is 0 Å². The van der Waals surface area contributed by atoms with Gasteiger partial charge in [-0.3, -0.25) is 14.4 Å². The number of rotatable bonds is 50. The second-order valence-corrected chi connectivity index (χ2v) is 19.4. The van der Waals surface area contributed by atoms with Gasteiger partial charge in [0.25, 0.3) is 0 Å². The molecule has 0 aliphatic rings. The summed E-state index contributed by atoms with van der Waals surface area (Å²) in [7, 11) is 0. The van der Waals surface area contributed by atoms with Crippen molar-refractivity contribution in [2.45, 2.75) is 307 Å². The lowest BCUT2D eigenvalue weighted by atomic mass is 9.77. The van der Waals surface area contributed by atoms with Gasteiger partial charge in [0.2, 0.25) is 0 Å². The van der Waals surface area contributed by atoms with E-state index in [1.54, 1.807) is 0 Å². The molecule has 0 heterocycles. The third-order valence-corrected chi connectivity index (χ3v) is 13.2. The molecule has 0 aliphatic heterocycles. The van der Waals surface area contributed by atoms with E-state index < -0.39 is 53.5 Å². The van der Waals surface area contributed by atoms with E-state index in [0.717, 1.165) is 77.0 Å². The molecule has 0 fully saturated rings. The minimum Gasteiger partial charge on any atom is -0.385 e. The highest BCUT2D eigenvalue weighted by Crippen LogP contribution is 2.27. The molecule has 9 heteroatoms. The number of aliphatic hydroxyl groups is 6. The van der Waals surface area contributed by atoms with Crippen LogP contribution in [0.3, 0.4) is 0 Å². The highest BCUT2D eigenvalue weighted by atomic mass is 16.4. The molecule has 6 N–H and O–H groups in total. The number of unbranched alkanes of at least 4 members (excludes halogenated alkanes) is 30. The summed E-state index contributed by atoms with van der Waals surface area (Å²) in [6, 6.07) is 0. The minimum atomic E-state index is -3.46. The Balaban J connectivity index is 5.20. The Morgan fingerprint density at radius 2 is 0.545 bits per heavy atom. The van der Waals surface area contributed by atoms with Crippen LogP contribution in [-0.2, 0) is 14.4 Å². The van der Waals surface area contributed by atoms with Gasteiger partial charge in [0.05, 0.1) is 0 Å². The summed E-state index contributed by atoms with van der Waals surface area (Å²) in [6.07, 6.45) is 40.0. The van der Waals surface area contributed by atoms with Gasteiger partial charge in [-0.2, -0.15) is 0 Å². The van der Waals surface area contributed by atoms with Crippen molar-refractivity contribution in [3.05, 3.63) is 36.5 Å². The van der Waals surface area contributed by atoms with Crippen molar-refractivity contribution in [2.24, 2.45) is 0 Å². The average molecular weight is 933 g/mol. The Bertz CT molecular complexity index is 1170. The monoisotopic (exact) mass is 933 g/mol. The maximum Gasteiger partial charge on any atom is 0.199 e. The molecule has 0 radical (unpaired) electrons. The van der Waals surface area contributed by atoms with Crippen molar-refractivity contribution in [3.63, 3.8) is 0 Å².